The summed E-state index contributed by atoms with van der Waals surface area (Å²) in [6, 6.07) is 12.1. The Morgan fingerprint density at radius 3 is 2.28 bits per heavy atom. The molecule has 2 N–H and O–H groups in total. The summed E-state index contributed by atoms with van der Waals surface area (Å²) in [5, 5.41) is 0.0943. The third-order valence-corrected chi connectivity index (χ3v) is 4.21. The molecule has 0 aliphatic heterocycles. The molecule has 1 heterocycles. The second kappa shape index (κ2) is 5.29. The molecule has 0 bridgehead atoms. The van der Waals surface area contributed by atoms with Crippen molar-refractivity contribution in [1.82, 2.24) is 4.98 Å². The molecule has 0 unspecified atom stereocenters. The third-order valence-electron chi connectivity index (χ3n) is 2.64. The van der Waals surface area contributed by atoms with Gasteiger partial charge in [-0.2, -0.15) is 0 Å². The van der Waals surface area contributed by atoms with Crippen LogP contribution in [-0.4, -0.2) is 13.4 Å². The van der Waals surface area contributed by atoms with E-state index in [1.807, 2.05) is 18.2 Å². The fraction of sp³-hybridized carbons (Fsp3) is 0.154. The quantitative estimate of drug-likeness (QED) is 0.906. The van der Waals surface area contributed by atoms with E-state index in [-0.39, 0.29) is 10.8 Å². The van der Waals surface area contributed by atoms with Crippen molar-refractivity contribution in [2.24, 2.45) is 5.73 Å². The van der Waals surface area contributed by atoms with E-state index < -0.39 is 9.84 Å². The van der Waals surface area contributed by atoms with Gasteiger partial charge in [0.25, 0.3) is 0 Å². The summed E-state index contributed by atoms with van der Waals surface area (Å²) in [6.07, 6.45) is 1.47. The molecule has 0 atom stereocenters. The van der Waals surface area contributed by atoms with Gasteiger partial charge in [0, 0.05) is 12.7 Å². The van der Waals surface area contributed by atoms with Crippen LogP contribution in [0.25, 0.3) is 0 Å². The molecule has 0 aliphatic rings. The number of benzene rings is 1. The van der Waals surface area contributed by atoms with Gasteiger partial charge in [-0.15, -0.1) is 0 Å². The van der Waals surface area contributed by atoms with Gasteiger partial charge in [-0.1, -0.05) is 30.3 Å². The van der Waals surface area contributed by atoms with Gasteiger partial charge in [0.05, 0.1) is 5.75 Å². The molecule has 0 aliphatic carbocycles. The van der Waals surface area contributed by atoms with Gasteiger partial charge >= 0.3 is 0 Å². The summed E-state index contributed by atoms with van der Waals surface area (Å²) in [4.78, 5) is 3.88. The molecule has 94 valence electrons. The normalized spacial score (nSPS) is 11.4. The zero-order valence-electron chi connectivity index (χ0n) is 9.78. The molecule has 4 nitrogen and oxygen atoms in total. The lowest BCUT2D eigenvalue weighted by Crippen LogP contribution is -2.10. The molecule has 0 amide bonds. The number of nitrogens with zero attached hydrogens (tertiary/aromatic N) is 1. The lowest BCUT2D eigenvalue weighted by Gasteiger charge is -2.08. The molecule has 1 aromatic carbocycles. The van der Waals surface area contributed by atoms with Gasteiger partial charge in [0.1, 0.15) is 0 Å². The van der Waals surface area contributed by atoms with Crippen molar-refractivity contribution >= 4 is 9.84 Å². The molecule has 1 aromatic heterocycles. The smallest absolute Gasteiger partial charge is 0.199 e. The molecule has 0 fully saturated rings. The van der Waals surface area contributed by atoms with Gasteiger partial charge in [0.15, 0.2) is 14.9 Å². The van der Waals surface area contributed by atoms with Gasteiger partial charge in [-0.3, -0.25) is 0 Å². The summed E-state index contributed by atoms with van der Waals surface area (Å²) in [5.41, 5.74) is 7.17. The van der Waals surface area contributed by atoms with E-state index in [0.29, 0.717) is 6.54 Å². The van der Waals surface area contributed by atoms with Gasteiger partial charge in [-0.05, 0) is 23.3 Å². The largest absolute Gasteiger partial charge is 0.326 e. The van der Waals surface area contributed by atoms with Crippen LogP contribution >= 0.6 is 0 Å². The number of nitrogens with two attached hydrogens (primary N) is 1. The van der Waals surface area contributed by atoms with Crippen LogP contribution in [0.5, 0.6) is 0 Å². The van der Waals surface area contributed by atoms with Crippen molar-refractivity contribution < 1.29 is 8.42 Å². The van der Waals surface area contributed by atoms with Crippen LogP contribution in [0.4, 0.5) is 0 Å². The zero-order valence-corrected chi connectivity index (χ0v) is 10.6. The predicted molar refractivity (Wildman–Crippen MR) is 69.5 cm³/mol. The average molecular weight is 262 g/mol. The fourth-order valence-electron chi connectivity index (χ4n) is 1.71. The number of hydrogen-bond acceptors (Lipinski definition) is 4. The van der Waals surface area contributed by atoms with E-state index in [9.17, 15) is 8.42 Å². The van der Waals surface area contributed by atoms with Crippen LogP contribution in [0, 0.1) is 0 Å². The SMILES string of the molecule is NCc1ccccc1CS(=O)(=O)c1ccccn1. The maximum absolute atomic E-state index is 12.2. The van der Waals surface area contributed by atoms with Crippen molar-refractivity contribution in [2.45, 2.75) is 17.3 Å². The van der Waals surface area contributed by atoms with E-state index in [0.717, 1.165) is 11.1 Å². The monoisotopic (exact) mass is 262 g/mol. The number of rotatable bonds is 4. The number of sulfone groups is 1. The fourth-order valence-corrected chi connectivity index (χ4v) is 3.05. The van der Waals surface area contributed by atoms with Gasteiger partial charge < -0.3 is 5.73 Å². The standard InChI is InChI=1S/C13H14N2O2S/c14-9-11-5-1-2-6-12(11)10-18(16,17)13-7-3-4-8-15-13/h1-8H,9-10,14H2. The van der Waals surface area contributed by atoms with Crippen molar-refractivity contribution in [3.8, 4) is 0 Å². The highest BCUT2D eigenvalue weighted by atomic mass is 32.2. The van der Waals surface area contributed by atoms with Crippen molar-refractivity contribution in [3.63, 3.8) is 0 Å². The van der Waals surface area contributed by atoms with Crippen LogP contribution in [0.1, 0.15) is 11.1 Å². The highest BCUT2D eigenvalue weighted by Gasteiger charge is 2.17. The molecular formula is C13H14N2O2S. The Hall–Kier alpha value is -1.72. The van der Waals surface area contributed by atoms with E-state index in [2.05, 4.69) is 4.98 Å². The lowest BCUT2D eigenvalue weighted by atomic mass is 10.1. The lowest BCUT2D eigenvalue weighted by molar-refractivity contribution is 0.591. The van der Waals surface area contributed by atoms with Gasteiger partial charge in [0.2, 0.25) is 0 Å². The first-order valence-corrected chi connectivity index (χ1v) is 7.19. The minimum atomic E-state index is -3.41. The van der Waals surface area contributed by atoms with Crippen LogP contribution in [0.3, 0.4) is 0 Å². The van der Waals surface area contributed by atoms with Crippen molar-refractivity contribution in [1.29, 1.82) is 0 Å². The molecule has 2 aromatic rings. The Labute approximate surface area is 106 Å². The summed E-state index contributed by atoms with van der Waals surface area (Å²) in [7, 11) is -3.41. The predicted octanol–water partition coefficient (Wildman–Crippen LogP) is 1.51. The Morgan fingerprint density at radius 1 is 1.00 bits per heavy atom. The first-order valence-electron chi connectivity index (χ1n) is 5.54. The summed E-state index contributed by atoms with van der Waals surface area (Å²) in [5.74, 6) is -0.0720. The maximum atomic E-state index is 12.2. The second-order valence-corrected chi connectivity index (χ2v) is 5.84. The summed E-state index contributed by atoms with van der Waals surface area (Å²) < 4.78 is 24.3. The molecule has 5 heteroatoms. The molecule has 2 rings (SSSR count). The zero-order chi connectivity index (χ0) is 13.0. The maximum Gasteiger partial charge on any atom is 0.199 e. The van der Waals surface area contributed by atoms with E-state index in [4.69, 9.17) is 5.73 Å². The number of pyridine rings is 1. The molecule has 0 saturated heterocycles. The van der Waals surface area contributed by atoms with Crippen molar-refractivity contribution in [3.05, 3.63) is 59.8 Å². The van der Waals surface area contributed by atoms with Crippen molar-refractivity contribution in [2.75, 3.05) is 0 Å². The number of aromatic nitrogens is 1. The third kappa shape index (κ3) is 2.75. The molecule has 0 radical (unpaired) electrons. The highest BCUT2D eigenvalue weighted by Crippen LogP contribution is 2.16. The topological polar surface area (TPSA) is 73.1 Å². The minimum Gasteiger partial charge on any atom is -0.326 e. The van der Waals surface area contributed by atoms with Crippen LogP contribution in [0.15, 0.2) is 53.7 Å². The Bertz CT molecular complexity index is 624. The van der Waals surface area contributed by atoms with Crippen LogP contribution in [-0.2, 0) is 22.1 Å². The number of hydrogen-bond donors (Lipinski definition) is 1. The Morgan fingerprint density at radius 2 is 1.67 bits per heavy atom. The average Bonchev–Trinajstić information content (AvgIpc) is 2.40. The first-order chi connectivity index (χ1) is 8.63. The van der Waals surface area contributed by atoms with E-state index in [1.54, 1.807) is 18.2 Å². The first kappa shape index (κ1) is 12.7. The minimum absolute atomic E-state index is 0.0720. The molecule has 0 spiro atoms. The summed E-state index contributed by atoms with van der Waals surface area (Å²) in [6.45, 7) is 0.327. The highest BCUT2D eigenvalue weighted by molar-refractivity contribution is 7.90. The Balaban J connectivity index is 2.34. The Kier molecular flexibility index (Phi) is 3.74. The second-order valence-electron chi connectivity index (χ2n) is 3.90. The molecule has 0 saturated carbocycles. The summed E-state index contributed by atoms with van der Waals surface area (Å²) >= 11 is 0. The van der Waals surface area contributed by atoms with Crippen LogP contribution < -0.4 is 5.73 Å². The molecule has 18 heavy (non-hydrogen) atoms. The molecular weight excluding hydrogens is 248 g/mol. The van der Waals surface area contributed by atoms with E-state index >= 15 is 0 Å². The van der Waals surface area contributed by atoms with E-state index in [1.165, 1.54) is 12.3 Å². The van der Waals surface area contributed by atoms with Gasteiger partial charge in [-0.25, -0.2) is 13.4 Å². The van der Waals surface area contributed by atoms with Crippen LogP contribution in [0.2, 0.25) is 0 Å².